The minimum atomic E-state index is -1.13. The van der Waals surface area contributed by atoms with Crippen LogP contribution in [0.5, 0.6) is 0 Å². The number of carbonyl (C=O) groups excluding carboxylic acids is 1. The predicted octanol–water partition coefficient (Wildman–Crippen LogP) is 5.81. The van der Waals surface area contributed by atoms with Crippen LogP contribution in [0.15, 0.2) is 51.4 Å². The second kappa shape index (κ2) is 8.80. The van der Waals surface area contributed by atoms with Crippen molar-refractivity contribution < 1.29 is 23.8 Å². The van der Waals surface area contributed by atoms with E-state index in [1.54, 1.807) is 22.8 Å². The van der Waals surface area contributed by atoms with E-state index < -0.39 is 11.9 Å². The molecule has 2 aromatic heterocycles. The second-order valence-electron chi connectivity index (χ2n) is 7.03. The largest absolute Gasteiger partial charge is 0.476 e. The van der Waals surface area contributed by atoms with Crippen LogP contribution in [0.2, 0.25) is 5.15 Å². The number of methoxy groups -OCH3 is 1. The van der Waals surface area contributed by atoms with Gasteiger partial charge in [-0.25, -0.2) is 14.6 Å². The first-order valence-electron chi connectivity index (χ1n) is 9.72. The third kappa shape index (κ3) is 3.80. The predicted molar refractivity (Wildman–Crippen MR) is 123 cm³/mol. The molecule has 4 aromatic rings. The number of carboxylic acid groups (broad SMARTS) is 1. The van der Waals surface area contributed by atoms with Crippen molar-refractivity contribution in [3.8, 4) is 11.3 Å². The third-order valence-corrected chi connectivity index (χ3v) is 6.18. The molecule has 164 valence electrons. The molecule has 0 unspecified atom stereocenters. The fourth-order valence-corrected chi connectivity index (χ4v) is 4.53. The fourth-order valence-electron chi connectivity index (χ4n) is 3.65. The maximum Gasteiger partial charge on any atom is 0.355 e. The number of aromatic nitrogens is 2. The van der Waals surface area contributed by atoms with Gasteiger partial charge in [0.15, 0.2) is 10.8 Å². The van der Waals surface area contributed by atoms with Gasteiger partial charge in [-0.15, -0.1) is 0 Å². The third-order valence-electron chi connectivity index (χ3n) is 5.13. The van der Waals surface area contributed by atoms with Crippen molar-refractivity contribution in [3.05, 3.63) is 74.7 Å². The van der Waals surface area contributed by atoms with E-state index in [2.05, 4.69) is 20.9 Å². The topological polar surface area (TPSA) is 94.6 Å². The molecule has 0 aliphatic heterocycles. The van der Waals surface area contributed by atoms with Crippen LogP contribution in [0.3, 0.4) is 0 Å². The number of rotatable bonds is 6. The lowest BCUT2D eigenvalue weighted by Crippen LogP contribution is -2.12. The number of furan rings is 1. The molecule has 0 fully saturated rings. The van der Waals surface area contributed by atoms with Crippen LogP contribution in [0.25, 0.3) is 22.3 Å². The van der Waals surface area contributed by atoms with Crippen LogP contribution in [-0.2, 0) is 17.7 Å². The summed E-state index contributed by atoms with van der Waals surface area (Å²) in [7, 11) is 1.33. The van der Waals surface area contributed by atoms with Crippen LogP contribution in [-0.4, -0.2) is 33.7 Å². The van der Waals surface area contributed by atoms with Gasteiger partial charge < -0.3 is 18.8 Å². The van der Waals surface area contributed by atoms with E-state index in [-0.39, 0.29) is 17.4 Å². The van der Waals surface area contributed by atoms with E-state index in [0.29, 0.717) is 39.2 Å². The Balaban J connectivity index is 1.80. The highest BCUT2D eigenvalue weighted by atomic mass is 79.9. The molecule has 7 nitrogen and oxygen atoms in total. The summed E-state index contributed by atoms with van der Waals surface area (Å²) in [4.78, 5) is 28.1. The summed E-state index contributed by atoms with van der Waals surface area (Å²) < 4.78 is 13.2. The Bertz CT molecular complexity index is 1360. The molecular weight excluding hydrogens is 500 g/mol. The molecule has 1 N–H and O–H groups in total. The maximum absolute atomic E-state index is 12.2. The zero-order chi connectivity index (χ0) is 23.0. The Morgan fingerprint density at radius 3 is 2.69 bits per heavy atom. The molecule has 0 atom stereocenters. The van der Waals surface area contributed by atoms with E-state index in [4.69, 9.17) is 20.8 Å². The zero-order valence-electron chi connectivity index (χ0n) is 17.2. The number of carboxylic acids is 1. The van der Waals surface area contributed by atoms with Crippen molar-refractivity contribution in [1.82, 2.24) is 9.55 Å². The SMILES string of the molecule is CCc1nc(Cl)c(C(=O)O)n1Cc1ccc2oc(-c3ccccc3C(=O)OC)c(Br)c2c1. The van der Waals surface area contributed by atoms with Crippen LogP contribution < -0.4 is 0 Å². The van der Waals surface area contributed by atoms with Gasteiger partial charge in [-0.1, -0.05) is 42.8 Å². The number of nitrogens with zero attached hydrogens (tertiary/aromatic N) is 2. The number of halogens is 2. The number of aryl methyl sites for hydroxylation is 1. The summed E-state index contributed by atoms with van der Waals surface area (Å²) in [5, 5.41) is 10.3. The van der Waals surface area contributed by atoms with Crippen LogP contribution >= 0.6 is 27.5 Å². The summed E-state index contributed by atoms with van der Waals surface area (Å²) in [6.07, 6.45) is 0.541. The molecule has 0 saturated heterocycles. The number of imidazole rings is 1. The van der Waals surface area contributed by atoms with E-state index in [9.17, 15) is 14.7 Å². The molecule has 2 aromatic carbocycles. The summed E-state index contributed by atoms with van der Waals surface area (Å²) in [6, 6.07) is 12.6. The molecule has 0 spiro atoms. The van der Waals surface area contributed by atoms with Crippen molar-refractivity contribution in [2.45, 2.75) is 19.9 Å². The average Bonchev–Trinajstić information content (AvgIpc) is 3.29. The average molecular weight is 518 g/mol. The lowest BCUT2D eigenvalue weighted by molar-refractivity contribution is 0.0600. The maximum atomic E-state index is 12.2. The molecule has 9 heteroatoms. The highest BCUT2D eigenvalue weighted by Crippen LogP contribution is 2.39. The standard InChI is InChI=1S/C23H18BrClN2O5/c1-3-17-26-21(25)19(22(28)29)27(17)11-12-8-9-16-15(10-12)18(24)20(32-16)13-6-4-5-7-14(13)23(30)31-2/h4-10H,3,11H2,1-2H3,(H,28,29). The molecular formula is C23H18BrClN2O5. The van der Waals surface area contributed by atoms with Gasteiger partial charge in [-0.05, 0) is 39.7 Å². The van der Waals surface area contributed by atoms with Crippen LogP contribution in [0.4, 0.5) is 0 Å². The number of esters is 1. The number of fused-ring (bicyclic) bond motifs is 1. The smallest absolute Gasteiger partial charge is 0.355 e. The Labute approximate surface area is 196 Å². The first kappa shape index (κ1) is 22.1. The number of ether oxygens (including phenoxy) is 1. The van der Waals surface area contributed by atoms with E-state index in [0.717, 1.165) is 10.9 Å². The number of hydrogen-bond donors (Lipinski definition) is 1. The van der Waals surface area contributed by atoms with Gasteiger partial charge >= 0.3 is 11.9 Å². The summed E-state index contributed by atoms with van der Waals surface area (Å²) >= 11 is 9.66. The lowest BCUT2D eigenvalue weighted by Gasteiger charge is -2.09. The first-order valence-corrected chi connectivity index (χ1v) is 10.9. The van der Waals surface area contributed by atoms with Crippen LogP contribution in [0.1, 0.15) is 39.2 Å². The number of aromatic carboxylic acids is 1. The summed E-state index contributed by atoms with van der Waals surface area (Å²) in [5.41, 5.74) is 2.42. The quantitative estimate of drug-likeness (QED) is 0.324. The highest BCUT2D eigenvalue weighted by Gasteiger charge is 2.23. The fraction of sp³-hybridized carbons (Fsp3) is 0.174. The molecule has 0 aliphatic rings. The van der Waals surface area contributed by atoms with Gasteiger partial charge in [0.05, 0.1) is 17.1 Å². The Morgan fingerprint density at radius 2 is 2.00 bits per heavy atom. The van der Waals surface area contributed by atoms with Gasteiger partial charge in [-0.2, -0.15) is 0 Å². The normalized spacial score (nSPS) is 11.1. The Hall–Kier alpha value is -3.10. The summed E-state index contributed by atoms with van der Waals surface area (Å²) in [5.74, 6) is -0.496. The Kier molecular flexibility index (Phi) is 6.08. The second-order valence-corrected chi connectivity index (χ2v) is 8.18. The molecule has 0 saturated carbocycles. The summed E-state index contributed by atoms with van der Waals surface area (Å²) in [6.45, 7) is 2.17. The van der Waals surface area contributed by atoms with E-state index in [1.165, 1.54) is 7.11 Å². The molecule has 0 amide bonds. The van der Waals surface area contributed by atoms with Gasteiger partial charge in [0, 0.05) is 23.9 Å². The highest BCUT2D eigenvalue weighted by molar-refractivity contribution is 9.10. The molecule has 0 radical (unpaired) electrons. The van der Waals surface area contributed by atoms with E-state index >= 15 is 0 Å². The molecule has 32 heavy (non-hydrogen) atoms. The van der Waals surface area contributed by atoms with Gasteiger partial charge in [0.2, 0.25) is 0 Å². The first-order chi connectivity index (χ1) is 15.3. The molecule has 0 aliphatic carbocycles. The molecule has 4 rings (SSSR count). The lowest BCUT2D eigenvalue weighted by atomic mass is 10.0. The van der Waals surface area contributed by atoms with Crippen molar-refractivity contribution >= 4 is 50.4 Å². The Morgan fingerprint density at radius 1 is 1.25 bits per heavy atom. The van der Waals surface area contributed by atoms with Crippen LogP contribution in [0, 0.1) is 0 Å². The van der Waals surface area contributed by atoms with Gasteiger partial charge in [0.1, 0.15) is 17.2 Å². The van der Waals surface area contributed by atoms with Crippen molar-refractivity contribution in [2.24, 2.45) is 0 Å². The van der Waals surface area contributed by atoms with Gasteiger partial charge in [-0.3, -0.25) is 0 Å². The van der Waals surface area contributed by atoms with Crippen molar-refractivity contribution in [2.75, 3.05) is 7.11 Å². The van der Waals surface area contributed by atoms with Gasteiger partial charge in [0.25, 0.3) is 0 Å². The van der Waals surface area contributed by atoms with Crippen molar-refractivity contribution in [3.63, 3.8) is 0 Å². The minimum Gasteiger partial charge on any atom is -0.476 e. The molecule has 0 bridgehead atoms. The molecule has 2 heterocycles. The minimum absolute atomic E-state index is 0.0263. The number of benzene rings is 2. The van der Waals surface area contributed by atoms with Crippen molar-refractivity contribution in [1.29, 1.82) is 0 Å². The van der Waals surface area contributed by atoms with E-state index in [1.807, 2.05) is 31.2 Å². The monoisotopic (exact) mass is 516 g/mol. The number of carbonyl (C=O) groups is 2. The number of hydrogen-bond acceptors (Lipinski definition) is 5. The zero-order valence-corrected chi connectivity index (χ0v) is 19.5.